The van der Waals surface area contributed by atoms with Gasteiger partial charge in [-0.1, -0.05) is 47.5 Å². The fourth-order valence-corrected chi connectivity index (χ4v) is 3.95. The first-order valence-corrected chi connectivity index (χ1v) is 10.1. The van der Waals surface area contributed by atoms with Gasteiger partial charge in [0, 0.05) is 21.8 Å². The highest BCUT2D eigenvalue weighted by molar-refractivity contribution is 6.51. The molecule has 1 N–H and O–H groups in total. The van der Waals surface area contributed by atoms with Crippen LogP contribution < -0.4 is 4.90 Å². The van der Waals surface area contributed by atoms with E-state index in [2.05, 4.69) is 0 Å². The zero-order valence-electron chi connectivity index (χ0n) is 16.9. The minimum atomic E-state index is -1.12. The molecule has 156 valence electrons. The number of Topliss-reactive ketones (excluding diaryl/α,β-unsaturated/α-hetero) is 1. The minimum absolute atomic E-state index is 0.114. The number of amides is 1. The van der Waals surface area contributed by atoms with Crippen LogP contribution in [0.3, 0.4) is 0 Å². The van der Waals surface area contributed by atoms with Gasteiger partial charge in [0.2, 0.25) is 0 Å². The van der Waals surface area contributed by atoms with Crippen molar-refractivity contribution in [3.8, 4) is 0 Å². The Bertz CT molecular complexity index is 1230. The molecule has 0 aliphatic carbocycles. The van der Waals surface area contributed by atoms with Gasteiger partial charge in [0.1, 0.15) is 11.6 Å². The smallest absolute Gasteiger partial charge is 0.300 e. The predicted molar refractivity (Wildman–Crippen MR) is 119 cm³/mol. The van der Waals surface area contributed by atoms with Crippen LogP contribution in [0.2, 0.25) is 5.02 Å². The Balaban J connectivity index is 2.00. The number of nitrogens with zero attached hydrogens (tertiary/aromatic N) is 1. The predicted octanol–water partition coefficient (Wildman–Crippen LogP) is 5.72. The number of benzene rings is 3. The molecule has 1 heterocycles. The lowest BCUT2D eigenvalue weighted by Crippen LogP contribution is -2.29. The monoisotopic (exact) mass is 435 g/mol. The lowest BCUT2D eigenvalue weighted by atomic mass is 9.93. The van der Waals surface area contributed by atoms with Gasteiger partial charge < -0.3 is 5.11 Å². The first kappa shape index (κ1) is 20.8. The molecule has 0 radical (unpaired) electrons. The molecule has 1 unspecified atom stereocenters. The second-order valence-electron chi connectivity index (χ2n) is 7.49. The summed E-state index contributed by atoms with van der Waals surface area (Å²) in [5.41, 5.74) is 2.37. The summed E-state index contributed by atoms with van der Waals surface area (Å²) in [6, 6.07) is 16.6. The van der Waals surface area contributed by atoms with E-state index in [1.807, 2.05) is 19.1 Å². The summed E-state index contributed by atoms with van der Waals surface area (Å²) in [4.78, 5) is 27.4. The van der Waals surface area contributed by atoms with Crippen molar-refractivity contribution in [3.05, 3.63) is 105 Å². The Hall–Kier alpha value is -3.44. The highest BCUT2D eigenvalue weighted by Crippen LogP contribution is 2.43. The molecule has 31 heavy (non-hydrogen) atoms. The molecule has 3 aromatic carbocycles. The van der Waals surface area contributed by atoms with Gasteiger partial charge in [-0.3, -0.25) is 14.5 Å². The van der Waals surface area contributed by atoms with Gasteiger partial charge in [0.05, 0.1) is 11.6 Å². The molecule has 4 nitrogen and oxygen atoms in total. The number of hydrogen-bond donors (Lipinski definition) is 1. The average Bonchev–Trinajstić information content (AvgIpc) is 3.01. The molecular formula is C25H19ClFNO3. The molecule has 1 amide bonds. The third-order valence-electron chi connectivity index (χ3n) is 5.40. The first-order valence-electron chi connectivity index (χ1n) is 9.68. The van der Waals surface area contributed by atoms with Gasteiger partial charge in [0.15, 0.2) is 0 Å². The molecule has 0 spiro atoms. The van der Waals surface area contributed by atoms with E-state index in [4.69, 9.17) is 11.6 Å². The SMILES string of the molecule is Cc1ccc(C)c(/C(O)=C2\C(=O)C(=O)N(c3ccc(Cl)cc3)C2c2ccccc2F)c1. The fraction of sp³-hybridized carbons (Fsp3) is 0.120. The van der Waals surface area contributed by atoms with Crippen molar-refractivity contribution in [1.82, 2.24) is 0 Å². The van der Waals surface area contributed by atoms with Crippen LogP contribution >= 0.6 is 11.6 Å². The van der Waals surface area contributed by atoms with Crippen molar-refractivity contribution in [1.29, 1.82) is 0 Å². The number of hydrogen-bond acceptors (Lipinski definition) is 3. The topological polar surface area (TPSA) is 57.6 Å². The van der Waals surface area contributed by atoms with Crippen LogP contribution in [0.5, 0.6) is 0 Å². The van der Waals surface area contributed by atoms with Crippen molar-refractivity contribution in [2.45, 2.75) is 19.9 Å². The third-order valence-corrected chi connectivity index (χ3v) is 5.65. The lowest BCUT2D eigenvalue weighted by Gasteiger charge is -2.26. The van der Waals surface area contributed by atoms with Crippen molar-refractivity contribution >= 4 is 34.7 Å². The minimum Gasteiger partial charge on any atom is -0.507 e. The maximum Gasteiger partial charge on any atom is 0.300 e. The third kappa shape index (κ3) is 3.62. The van der Waals surface area contributed by atoms with E-state index < -0.39 is 23.5 Å². The van der Waals surface area contributed by atoms with Crippen molar-refractivity contribution < 1.29 is 19.1 Å². The zero-order chi connectivity index (χ0) is 22.3. The number of carbonyl (C=O) groups excluding carboxylic acids is 2. The summed E-state index contributed by atoms with van der Waals surface area (Å²) in [6.45, 7) is 3.65. The van der Waals surface area contributed by atoms with Crippen LogP contribution in [-0.4, -0.2) is 16.8 Å². The summed E-state index contributed by atoms with van der Waals surface area (Å²) in [6.07, 6.45) is 0. The Kier molecular flexibility index (Phi) is 5.38. The Morgan fingerprint density at radius 2 is 1.68 bits per heavy atom. The molecule has 0 saturated carbocycles. The summed E-state index contributed by atoms with van der Waals surface area (Å²) in [7, 11) is 0. The van der Waals surface area contributed by atoms with E-state index in [0.29, 0.717) is 16.3 Å². The van der Waals surface area contributed by atoms with E-state index >= 15 is 0 Å². The molecule has 1 fully saturated rings. The molecule has 1 atom stereocenters. The molecular weight excluding hydrogens is 417 g/mol. The highest BCUT2D eigenvalue weighted by atomic mass is 35.5. The standard InChI is InChI=1S/C25H19ClFNO3/c1-14-7-8-15(2)19(13-14)23(29)21-22(18-5-3-4-6-20(18)27)28(25(31)24(21)30)17-11-9-16(26)10-12-17/h3-13,22,29H,1-2H3/b23-21+. The van der Waals surface area contributed by atoms with Crippen molar-refractivity contribution in [2.24, 2.45) is 0 Å². The largest absolute Gasteiger partial charge is 0.507 e. The molecule has 4 rings (SSSR count). The van der Waals surface area contributed by atoms with E-state index in [1.54, 1.807) is 43.3 Å². The summed E-state index contributed by atoms with van der Waals surface area (Å²) < 4.78 is 14.9. The van der Waals surface area contributed by atoms with Crippen LogP contribution in [0.15, 0.2) is 72.3 Å². The Labute approximate surface area is 184 Å². The van der Waals surface area contributed by atoms with Crippen molar-refractivity contribution in [2.75, 3.05) is 4.90 Å². The summed E-state index contributed by atoms with van der Waals surface area (Å²) >= 11 is 5.97. The number of anilines is 1. The molecule has 3 aromatic rings. The van der Waals surface area contributed by atoms with E-state index in [9.17, 15) is 19.1 Å². The van der Waals surface area contributed by atoms with Crippen LogP contribution in [0.1, 0.15) is 28.3 Å². The molecule has 6 heteroatoms. The zero-order valence-corrected chi connectivity index (χ0v) is 17.7. The summed E-state index contributed by atoms with van der Waals surface area (Å²) in [5, 5.41) is 11.6. The van der Waals surface area contributed by atoms with Gasteiger partial charge in [-0.25, -0.2) is 4.39 Å². The van der Waals surface area contributed by atoms with Crippen LogP contribution in [0.4, 0.5) is 10.1 Å². The number of aliphatic hydroxyl groups is 1. The van der Waals surface area contributed by atoms with Gasteiger partial charge >= 0.3 is 0 Å². The van der Waals surface area contributed by atoms with E-state index in [0.717, 1.165) is 11.1 Å². The van der Waals surface area contributed by atoms with Gasteiger partial charge in [-0.2, -0.15) is 0 Å². The van der Waals surface area contributed by atoms with E-state index in [-0.39, 0.29) is 16.9 Å². The highest BCUT2D eigenvalue weighted by Gasteiger charge is 2.47. The van der Waals surface area contributed by atoms with Crippen molar-refractivity contribution in [3.63, 3.8) is 0 Å². The second kappa shape index (κ2) is 8.00. The fourth-order valence-electron chi connectivity index (χ4n) is 3.83. The first-order chi connectivity index (χ1) is 14.8. The van der Waals surface area contributed by atoms with Crippen LogP contribution in [0.25, 0.3) is 5.76 Å². The maximum absolute atomic E-state index is 14.9. The normalized spacial score (nSPS) is 17.9. The molecule has 0 bridgehead atoms. The van der Waals surface area contributed by atoms with Gasteiger partial charge in [-0.15, -0.1) is 0 Å². The quantitative estimate of drug-likeness (QED) is 0.325. The maximum atomic E-state index is 14.9. The molecule has 0 aromatic heterocycles. The lowest BCUT2D eigenvalue weighted by molar-refractivity contribution is -0.132. The average molecular weight is 436 g/mol. The van der Waals surface area contributed by atoms with Gasteiger partial charge in [0.25, 0.3) is 11.7 Å². The number of aryl methyl sites for hydroxylation is 2. The molecule has 1 saturated heterocycles. The molecule has 1 aliphatic heterocycles. The molecule has 1 aliphatic rings. The Morgan fingerprint density at radius 3 is 2.35 bits per heavy atom. The van der Waals surface area contributed by atoms with Gasteiger partial charge in [-0.05, 0) is 55.8 Å². The second-order valence-corrected chi connectivity index (χ2v) is 7.92. The van der Waals surface area contributed by atoms with Crippen LogP contribution in [-0.2, 0) is 9.59 Å². The van der Waals surface area contributed by atoms with Crippen LogP contribution in [0, 0.1) is 19.7 Å². The van der Waals surface area contributed by atoms with E-state index in [1.165, 1.54) is 23.1 Å². The summed E-state index contributed by atoms with van der Waals surface area (Å²) in [5.74, 6) is -2.63. The number of halogens is 2. The Morgan fingerprint density at radius 1 is 1.00 bits per heavy atom. The number of ketones is 1. The number of carbonyl (C=O) groups is 2. The number of rotatable bonds is 3. The number of aliphatic hydroxyl groups excluding tert-OH is 1.